The van der Waals surface area contributed by atoms with Gasteiger partial charge in [-0.1, -0.05) is 6.07 Å². The Labute approximate surface area is 105 Å². The number of carbonyl (C=O) groups excluding carboxylic acids is 1. The van der Waals surface area contributed by atoms with Gasteiger partial charge in [0.15, 0.2) is 0 Å². The van der Waals surface area contributed by atoms with E-state index in [0.717, 1.165) is 4.90 Å². The van der Waals surface area contributed by atoms with E-state index < -0.39 is 0 Å². The Morgan fingerprint density at radius 2 is 2.29 bits per heavy atom. The van der Waals surface area contributed by atoms with E-state index in [1.807, 2.05) is 6.07 Å². The molecule has 94 valence electrons. The lowest BCUT2D eigenvalue weighted by molar-refractivity contribution is -0.140. The molecule has 0 amide bonds. The van der Waals surface area contributed by atoms with Gasteiger partial charge in [0.25, 0.3) is 0 Å². The van der Waals surface area contributed by atoms with Gasteiger partial charge in [0.1, 0.15) is 5.82 Å². The number of halogens is 1. The lowest BCUT2D eigenvalue weighted by Gasteiger charge is -2.12. The van der Waals surface area contributed by atoms with Crippen molar-refractivity contribution in [1.82, 2.24) is 0 Å². The predicted octanol–water partition coefficient (Wildman–Crippen LogP) is 2.50. The Hall–Kier alpha value is -1.07. The van der Waals surface area contributed by atoms with Crippen molar-refractivity contribution in [2.45, 2.75) is 24.3 Å². The number of carbonyl (C=O) groups is 1. The zero-order valence-electron chi connectivity index (χ0n) is 9.90. The van der Waals surface area contributed by atoms with Crippen LogP contribution in [0.25, 0.3) is 0 Å². The Bertz CT molecular complexity index is 396. The number of rotatable bonds is 5. The zero-order chi connectivity index (χ0) is 12.8. The number of esters is 1. The summed E-state index contributed by atoms with van der Waals surface area (Å²) in [6.45, 7) is 1.74. The monoisotopic (exact) mass is 257 g/mol. The first kappa shape index (κ1) is 14.0. The minimum Gasteiger partial charge on any atom is -0.469 e. The summed E-state index contributed by atoms with van der Waals surface area (Å²) in [7, 11) is 1.35. The molecule has 0 aromatic heterocycles. The predicted molar refractivity (Wildman–Crippen MR) is 66.4 cm³/mol. The summed E-state index contributed by atoms with van der Waals surface area (Å²) in [6, 6.07) is 4.48. The minimum absolute atomic E-state index is 0.267. The molecule has 0 aliphatic rings. The van der Waals surface area contributed by atoms with Crippen molar-refractivity contribution in [2.75, 3.05) is 12.9 Å². The standard InChI is InChI=1S/C12H16FNO2S/c1-8(14)12-9(13)4-3-5-10(12)17-7-6-11(15)16-2/h3-5,8H,6-7,14H2,1-2H3. The van der Waals surface area contributed by atoms with Crippen LogP contribution in [0.5, 0.6) is 0 Å². The van der Waals surface area contributed by atoms with E-state index in [2.05, 4.69) is 4.74 Å². The molecule has 0 spiro atoms. The first-order valence-electron chi connectivity index (χ1n) is 5.30. The van der Waals surface area contributed by atoms with Gasteiger partial charge >= 0.3 is 5.97 Å². The lowest BCUT2D eigenvalue weighted by Crippen LogP contribution is -2.09. The number of benzene rings is 1. The molecule has 17 heavy (non-hydrogen) atoms. The van der Waals surface area contributed by atoms with E-state index in [4.69, 9.17) is 5.73 Å². The second-order valence-corrected chi connectivity index (χ2v) is 4.75. The van der Waals surface area contributed by atoms with Crippen LogP contribution in [0, 0.1) is 5.82 Å². The number of hydrogen-bond acceptors (Lipinski definition) is 4. The van der Waals surface area contributed by atoms with E-state index in [-0.39, 0.29) is 17.8 Å². The molecular weight excluding hydrogens is 241 g/mol. The second kappa shape index (κ2) is 6.61. The maximum absolute atomic E-state index is 13.6. The third kappa shape index (κ3) is 4.02. The molecule has 0 saturated carbocycles. The van der Waals surface area contributed by atoms with Crippen molar-refractivity contribution in [1.29, 1.82) is 0 Å². The first-order chi connectivity index (χ1) is 8.06. The summed E-state index contributed by atoms with van der Waals surface area (Å²) in [5.74, 6) is -0.0186. The van der Waals surface area contributed by atoms with Crippen molar-refractivity contribution in [3.8, 4) is 0 Å². The number of hydrogen-bond donors (Lipinski definition) is 1. The van der Waals surface area contributed by atoms with Gasteiger partial charge in [0.2, 0.25) is 0 Å². The Morgan fingerprint density at radius 3 is 2.88 bits per heavy atom. The summed E-state index contributed by atoms with van der Waals surface area (Å²) >= 11 is 1.41. The van der Waals surface area contributed by atoms with Gasteiger partial charge in [-0.05, 0) is 19.1 Å². The van der Waals surface area contributed by atoms with Crippen LogP contribution in [0.3, 0.4) is 0 Å². The van der Waals surface area contributed by atoms with Crippen LogP contribution in [-0.2, 0) is 9.53 Å². The maximum Gasteiger partial charge on any atom is 0.306 e. The maximum atomic E-state index is 13.6. The van der Waals surface area contributed by atoms with E-state index >= 15 is 0 Å². The van der Waals surface area contributed by atoms with Crippen LogP contribution >= 0.6 is 11.8 Å². The van der Waals surface area contributed by atoms with Crippen molar-refractivity contribution >= 4 is 17.7 Å². The molecule has 3 nitrogen and oxygen atoms in total. The molecule has 1 unspecified atom stereocenters. The smallest absolute Gasteiger partial charge is 0.306 e. The molecule has 0 aliphatic heterocycles. The van der Waals surface area contributed by atoms with Gasteiger partial charge in [0, 0.05) is 22.3 Å². The Balaban J connectivity index is 2.70. The largest absolute Gasteiger partial charge is 0.469 e. The highest BCUT2D eigenvalue weighted by Gasteiger charge is 2.13. The molecule has 1 aromatic rings. The molecule has 1 atom stereocenters. The van der Waals surface area contributed by atoms with Crippen molar-refractivity contribution in [3.05, 3.63) is 29.6 Å². The number of ether oxygens (including phenoxy) is 1. The third-order valence-electron chi connectivity index (χ3n) is 2.26. The van der Waals surface area contributed by atoms with Gasteiger partial charge in [-0.3, -0.25) is 4.79 Å². The van der Waals surface area contributed by atoms with Gasteiger partial charge in [-0.2, -0.15) is 0 Å². The van der Waals surface area contributed by atoms with Crippen LogP contribution < -0.4 is 5.73 Å². The Morgan fingerprint density at radius 1 is 1.59 bits per heavy atom. The summed E-state index contributed by atoms with van der Waals surface area (Å²) < 4.78 is 18.1. The fraction of sp³-hybridized carbons (Fsp3) is 0.417. The fourth-order valence-electron chi connectivity index (χ4n) is 1.43. The third-order valence-corrected chi connectivity index (χ3v) is 3.33. The van der Waals surface area contributed by atoms with Gasteiger partial charge in [0.05, 0.1) is 13.5 Å². The molecule has 1 rings (SSSR count). The van der Waals surface area contributed by atoms with Gasteiger partial charge in [-0.25, -0.2) is 4.39 Å². The summed E-state index contributed by atoms with van der Waals surface area (Å²) in [5.41, 5.74) is 6.23. The van der Waals surface area contributed by atoms with E-state index in [0.29, 0.717) is 17.7 Å². The van der Waals surface area contributed by atoms with Crippen LogP contribution in [0.15, 0.2) is 23.1 Å². The first-order valence-corrected chi connectivity index (χ1v) is 6.28. The van der Waals surface area contributed by atoms with Crippen LogP contribution in [-0.4, -0.2) is 18.8 Å². The fourth-order valence-corrected chi connectivity index (χ4v) is 2.53. The molecular formula is C12H16FNO2S. The van der Waals surface area contributed by atoms with E-state index in [9.17, 15) is 9.18 Å². The second-order valence-electron chi connectivity index (χ2n) is 3.61. The van der Waals surface area contributed by atoms with Crippen molar-refractivity contribution < 1.29 is 13.9 Å². The number of thioether (sulfide) groups is 1. The Kier molecular flexibility index (Phi) is 5.44. The molecule has 0 fully saturated rings. The van der Waals surface area contributed by atoms with Crippen LogP contribution in [0.4, 0.5) is 4.39 Å². The molecule has 1 aromatic carbocycles. The van der Waals surface area contributed by atoms with Crippen molar-refractivity contribution in [3.63, 3.8) is 0 Å². The number of methoxy groups -OCH3 is 1. The van der Waals surface area contributed by atoms with Crippen LogP contribution in [0.1, 0.15) is 24.9 Å². The summed E-state index contributed by atoms with van der Waals surface area (Å²) in [4.78, 5) is 11.7. The molecule has 0 saturated heterocycles. The average molecular weight is 257 g/mol. The minimum atomic E-state index is -0.364. The summed E-state index contributed by atoms with van der Waals surface area (Å²) in [6.07, 6.45) is 0.302. The number of nitrogens with two attached hydrogens (primary N) is 1. The highest BCUT2D eigenvalue weighted by molar-refractivity contribution is 7.99. The lowest BCUT2D eigenvalue weighted by atomic mass is 10.1. The van der Waals surface area contributed by atoms with Crippen molar-refractivity contribution in [2.24, 2.45) is 5.73 Å². The highest BCUT2D eigenvalue weighted by atomic mass is 32.2. The van der Waals surface area contributed by atoms with E-state index in [1.54, 1.807) is 13.0 Å². The molecule has 0 aliphatic carbocycles. The van der Waals surface area contributed by atoms with Gasteiger partial charge < -0.3 is 10.5 Å². The highest BCUT2D eigenvalue weighted by Crippen LogP contribution is 2.29. The topological polar surface area (TPSA) is 52.3 Å². The summed E-state index contributed by atoms with van der Waals surface area (Å²) in [5, 5.41) is 0. The molecule has 0 bridgehead atoms. The molecule has 0 radical (unpaired) electrons. The molecule has 0 heterocycles. The normalized spacial score (nSPS) is 12.2. The average Bonchev–Trinajstić information content (AvgIpc) is 2.28. The molecule has 2 N–H and O–H groups in total. The quantitative estimate of drug-likeness (QED) is 0.650. The zero-order valence-corrected chi connectivity index (χ0v) is 10.7. The van der Waals surface area contributed by atoms with Gasteiger partial charge in [-0.15, -0.1) is 11.8 Å². The van der Waals surface area contributed by atoms with E-state index in [1.165, 1.54) is 24.9 Å². The van der Waals surface area contributed by atoms with Crippen LogP contribution in [0.2, 0.25) is 0 Å². The molecule has 5 heteroatoms. The SMILES string of the molecule is COC(=O)CCSc1cccc(F)c1C(C)N.